The van der Waals surface area contributed by atoms with Crippen molar-refractivity contribution < 1.29 is 9.13 Å². The second-order valence-electron chi connectivity index (χ2n) is 5.91. The first-order valence-electron chi connectivity index (χ1n) is 8.01. The molecule has 1 aliphatic rings. The summed E-state index contributed by atoms with van der Waals surface area (Å²) >= 11 is 5.85. The van der Waals surface area contributed by atoms with Gasteiger partial charge in [0.2, 0.25) is 0 Å². The minimum absolute atomic E-state index is 0.0492. The normalized spacial score (nSPS) is 14.9. The molecule has 0 bridgehead atoms. The van der Waals surface area contributed by atoms with E-state index in [1.165, 1.54) is 18.9 Å². The van der Waals surface area contributed by atoms with Gasteiger partial charge in [0.25, 0.3) is 0 Å². The lowest BCUT2D eigenvalue weighted by Crippen LogP contribution is -2.21. The minimum Gasteiger partial charge on any atom is -0.484 e. The zero-order valence-electron chi connectivity index (χ0n) is 13.1. The van der Waals surface area contributed by atoms with Gasteiger partial charge in [-0.15, -0.1) is 0 Å². The smallest absolute Gasteiger partial charge is 0.143 e. The highest BCUT2D eigenvalue weighted by Crippen LogP contribution is 2.31. The summed E-state index contributed by atoms with van der Waals surface area (Å²) in [4.78, 5) is 0. The first-order chi connectivity index (χ1) is 11.7. The van der Waals surface area contributed by atoms with Crippen molar-refractivity contribution in [2.24, 2.45) is 0 Å². The molecule has 124 valence electrons. The van der Waals surface area contributed by atoms with E-state index in [-0.39, 0.29) is 16.7 Å². The van der Waals surface area contributed by atoms with Crippen LogP contribution < -0.4 is 10.1 Å². The SMILES string of the molecule is N#Cc1cc(F)c(Cl)cc1O[C@H](CCNC1CC1)c1ccccc1. The van der Waals surface area contributed by atoms with Crippen molar-refractivity contribution in [1.29, 1.82) is 5.26 Å². The summed E-state index contributed by atoms with van der Waals surface area (Å²) in [6.45, 7) is 0.820. The molecule has 0 amide bonds. The molecule has 5 heteroatoms. The van der Waals surface area contributed by atoms with Gasteiger partial charge in [0.15, 0.2) is 0 Å². The molecule has 0 heterocycles. The third-order valence-electron chi connectivity index (χ3n) is 4.00. The summed E-state index contributed by atoms with van der Waals surface area (Å²) in [5.74, 6) is -0.309. The van der Waals surface area contributed by atoms with Crippen LogP contribution in [0.15, 0.2) is 42.5 Å². The summed E-state index contributed by atoms with van der Waals surface area (Å²) in [6, 6.07) is 14.9. The van der Waals surface area contributed by atoms with E-state index in [1.807, 2.05) is 36.4 Å². The molecular weight excluding hydrogens is 327 g/mol. The third-order valence-corrected chi connectivity index (χ3v) is 4.29. The highest BCUT2D eigenvalue weighted by molar-refractivity contribution is 6.30. The van der Waals surface area contributed by atoms with Crippen molar-refractivity contribution in [1.82, 2.24) is 5.32 Å². The van der Waals surface area contributed by atoms with Crippen molar-refractivity contribution in [3.05, 3.63) is 64.4 Å². The van der Waals surface area contributed by atoms with Gasteiger partial charge in [-0.1, -0.05) is 41.9 Å². The fourth-order valence-corrected chi connectivity index (χ4v) is 2.69. The van der Waals surface area contributed by atoms with Gasteiger partial charge < -0.3 is 10.1 Å². The van der Waals surface area contributed by atoms with Gasteiger partial charge in [-0.2, -0.15) is 5.26 Å². The molecule has 3 rings (SSSR count). The van der Waals surface area contributed by atoms with Gasteiger partial charge in [0.05, 0.1) is 10.6 Å². The molecule has 24 heavy (non-hydrogen) atoms. The molecule has 2 aromatic carbocycles. The molecule has 0 spiro atoms. The van der Waals surface area contributed by atoms with Crippen molar-refractivity contribution in [2.75, 3.05) is 6.54 Å². The molecule has 1 N–H and O–H groups in total. The van der Waals surface area contributed by atoms with Gasteiger partial charge in [0, 0.05) is 18.5 Å². The molecule has 0 radical (unpaired) electrons. The number of nitriles is 1. The van der Waals surface area contributed by atoms with Gasteiger partial charge >= 0.3 is 0 Å². The van der Waals surface area contributed by atoms with E-state index >= 15 is 0 Å². The van der Waals surface area contributed by atoms with Crippen LogP contribution in [0, 0.1) is 17.1 Å². The van der Waals surface area contributed by atoms with Crippen LogP contribution in [-0.2, 0) is 0 Å². The van der Waals surface area contributed by atoms with Crippen LogP contribution in [0.3, 0.4) is 0 Å². The van der Waals surface area contributed by atoms with Crippen LogP contribution in [0.25, 0.3) is 0 Å². The Labute approximate surface area is 146 Å². The molecule has 1 atom stereocenters. The molecule has 1 fully saturated rings. The van der Waals surface area contributed by atoms with E-state index in [2.05, 4.69) is 5.32 Å². The quantitative estimate of drug-likeness (QED) is 0.797. The highest BCUT2D eigenvalue weighted by atomic mass is 35.5. The molecule has 0 aliphatic heterocycles. The third kappa shape index (κ3) is 4.25. The fourth-order valence-electron chi connectivity index (χ4n) is 2.53. The predicted molar refractivity (Wildman–Crippen MR) is 91.6 cm³/mol. The van der Waals surface area contributed by atoms with Crippen LogP contribution in [0.4, 0.5) is 4.39 Å². The first-order valence-corrected chi connectivity index (χ1v) is 8.39. The molecule has 0 aromatic heterocycles. The fraction of sp³-hybridized carbons (Fsp3) is 0.316. The molecule has 2 aromatic rings. The summed E-state index contributed by atoms with van der Waals surface area (Å²) in [7, 11) is 0. The Bertz CT molecular complexity index is 741. The Morgan fingerprint density at radius 3 is 2.71 bits per heavy atom. The standard InChI is InChI=1S/C19H18ClFN2O/c20-16-11-19(14(12-22)10-17(16)21)24-18(8-9-23-15-6-7-15)13-4-2-1-3-5-13/h1-5,10-11,15,18,23H,6-9H2/t18-/m1/s1. The van der Waals surface area contributed by atoms with E-state index in [0.29, 0.717) is 11.8 Å². The first kappa shape index (κ1) is 16.8. The molecule has 0 saturated heterocycles. The average Bonchev–Trinajstić information content (AvgIpc) is 3.42. The van der Waals surface area contributed by atoms with Crippen molar-refractivity contribution in [3.8, 4) is 11.8 Å². The zero-order chi connectivity index (χ0) is 16.9. The molecule has 1 aliphatic carbocycles. The number of nitrogens with zero attached hydrogens (tertiary/aromatic N) is 1. The predicted octanol–water partition coefficient (Wildman–Crippen LogP) is 4.61. The second kappa shape index (κ2) is 7.65. The molecule has 3 nitrogen and oxygen atoms in total. The number of ether oxygens (including phenoxy) is 1. The van der Waals surface area contributed by atoms with Crippen molar-refractivity contribution in [3.63, 3.8) is 0 Å². The van der Waals surface area contributed by atoms with Crippen LogP contribution in [0.5, 0.6) is 5.75 Å². The number of hydrogen-bond donors (Lipinski definition) is 1. The number of hydrogen-bond acceptors (Lipinski definition) is 3. The molecule has 1 saturated carbocycles. The maximum Gasteiger partial charge on any atom is 0.143 e. The second-order valence-corrected chi connectivity index (χ2v) is 6.32. The Kier molecular flexibility index (Phi) is 5.34. The van der Waals surface area contributed by atoms with Crippen molar-refractivity contribution >= 4 is 11.6 Å². The maximum atomic E-state index is 13.6. The average molecular weight is 345 g/mol. The van der Waals surface area contributed by atoms with E-state index in [0.717, 1.165) is 24.6 Å². The van der Waals surface area contributed by atoms with Gasteiger partial charge in [-0.25, -0.2) is 4.39 Å². The Morgan fingerprint density at radius 1 is 1.29 bits per heavy atom. The van der Waals surface area contributed by atoms with E-state index in [1.54, 1.807) is 0 Å². The van der Waals surface area contributed by atoms with Gasteiger partial charge in [-0.3, -0.25) is 0 Å². The number of benzene rings is 2. The monoisotopic (exact) mass is 344 g/mol. The Hall–Kier alpha value is -2.09. The summed E-state index contributed by atoms with van der Waals surface area (Å²) in [5.41, 5.74) is 1.16. The number of halogens is 2. The topological polar surface area (TPSA) is 45.0 Å². The lowest BCUT2D eigenvalue weighted by Gasteiger charge is -2.21. The van der Waals surface area contributed by atoms with Crippen LogP contribution in [0.1, 0.15) is 36.5 Å². The number of nitrogens with one attached hydrogen (secondary N) is 1. The highest BCUT2D eigenvalue weighted by Gasteiger charge is 2.22. The van der Waals surface area contributed by atoms with E-state index in [4.69, 9.17) is 16.3 Å². The Morgan fingerprint density at radius 2 is 2.04 bits per heavy atom. The van der Waals surface area contributed by atoms with Crippen LogP contribution in [0.2, 0.25) is 5.02 Å². The van der Waals surface area contributed by atoms with Crippen LogP contribution >= 0.6 is 11.6 Å². The summed E-state index contributed by atoms with van der Waals surface area (Å²) in [5, 5.41) is 12.6. The van der Waals surface area contributed by atoms with E-state index in [9.17, 15) is 9.65 Å². The zero-order valence-corrected chi connectivity index (χ0v) is 13.9. The summed E-state index contributed by atoms with van der Waals surface area (Å²) < 4.78 is 19.6. The molecular formula is C19H18ClFN2O. The van der Waals surface area contributed by atoms with Crippen LogP contribution in [-0.4, -0.2) is 12.6 Å². The Balaban J connectivity index is 1.80. The lowest BCUT2D eigenvalue weighted by molar-refractivity contribution is 0.193. The van der Waals surface area contributed by atoms with Gasteiger partial charge in [0.1, 0.15) is 23.7 Å². The largest absolute Gasteiger partial charge is 0.484 e. The maximum absolute atomic E-state index is 13.6. The van der Waals surface area contributed by atoms with Crippen molar-refractivity contribution in [2.45, 2.75) is 31.4 Å². The molecule has 0 unspecified atom stereocenters. The lowest BCUT2D eigenvalue weighted by atomic mass is 10.1. The summed E-state index contributed by atoms with van der Waals surface area (Å²) in [6.07, 6.45) is 2.97. The number of rotatable bonds is 7. The minimum atomic E-state index is -0.618. The van der Waals surface area contributed by atoms with Gasteiger partial charge in [-0.05, 0) is 31.0 Å². The van der Waals surface area contributed by atoms with E-state index < -0.39 is 5.82 Å².